The highest BCUT2D eigenvalue weighted by Gasteiger charge is 2.05. The molecule has 0 bridgehead atoms. The first kappa shape index (κ1) is 22.2. The lowest BCUT2D eigenvalue weighted by molar-refractivity contribution is -0.123. The molecule has 7 nitrogen and oxygen atoms in total. The fraction of sp³-hybridized carbons (Fsp3) is 0.120. The van der Waals surface area contributed by atoms with Crippen molar-refractivity contribution < 1.29 is 14.3 Å². The SMILES string of the molecule is CC(=O)Nc1cccc(C(C)=NNC(=O)COc2ccc(-c3ccc(C#N)cc3)cc2)c1. The average Bonchev–Trinajstić information content (AvgIpc) is 2.81. The summed E-state index contributed by atoms with van der Waals surface area (Å²) < 4.78 is 5.52. The van der Waals surface area contributed by atoms with Gasteiger partial charge in [-0.05, 0) is 60.0 Å². The third kappa shape index (κ3) is 6.28. The van der Waals surface area contributed by atoms with Crippen LogP contribution in [0.4, 0.5) is 5.69 Å². The Labute approximate surface area is 186 Å². The Morgan fingerprint density at radius 2 is 1.62 bits per heavy atom. The summed E-state index contributed by atoms with van der Waals surface area (Å²) in [5, 5.41) is 15.7. The van der Waals surface area contributed by atoms with E-state index in [4.69, 9.17) is 10.00 Å². The lowest BCUT2D eigenvalue weighted by atomic mass is 10.0. The van der Waals surface area contributed by atoms with Gasteiger partial charge in [0, 0.05) is 12.6 Å². The van der Waals surface area contributed by atoms with Crippen LogP contribution < -0.4 is 15.5 Å². The first-order chi connectivity index (χ1) is 15.4. The molecule has 2 amide bonds. The number of nitrogens with one attached hydrogen (secondary N) is 2. The summed E-state index contributed by atoms with van der Waals surface area (Å²) in [5.41, 5.74) is 7.07. The van der Waals surface area contributed by atoms with Gasteiger partial charge in [-0.3, -0.25) is 9.59 Å². The molecule has 0 aliphatic carbocycles. The smallest absolute Gasteiger partial charge is 0.277 e. The molecule has 0 aliphatic rings. The number of ether oxygens (including phenoxy) is 1. The van der Waals surface area contributed by atoms with Crippen molar-refractivity contribution in [1.82, 2.24) is 5.43 Å². The summed E-state index contributed by atoms with van der Waals surface area (Å²) in [4.78, 5) is 23.3. The second-order valence-corrected chi connectivity index (χ2v) is 7.00. The zero-order valence-corrected chi connectivity index (χ0v) is 17.8. The second-order valence-electron chi connectivity index (χ2n) is 7.00. The molecule has 160 valence electrons. The number of rotatable bonds is 7. The number of amides is 2. The van der Waals surface area contributed by atoms with Crippen LogP contribution in [0.3, 0.4) is 0 Å². The first-order valence-corrected chi connectivity index (χ1v) is 9.89. The number of carbonyl (C=O) groups is 2. The van der Waals surface area contributed by atoms with E-state index in [0.717, 1.165) is 16.7 Å². The van der Waals surface area contributed by atoms with Crippen LogP contribution in [0.2, 0.25) is 0 Å². The van der Waals surface area contributed by atoms with Gasteiger partial charge in [0.05, 0.1) is 17.3 Å². The number of hydrazone groups is 1. The van der Waals surface area contributed by atoms with E-state index in [0.29, 0.717) is 22.7 Å². The zero-order valence-electron chi connectivity index (χ0n) is 17.8. The van der Waals surface area contributed by atoms with Gasteiger partial charge in [0.15, 0.2) is 6.61 Å². The lowest BCUT2D eigenvalue weighted by Gasteiger charge is -2.08. The minimum absolute atomic E-state index is 0.160. The monoisotopic (exact) mass is 426 g/mol. The highest BCUT2D eigenvalue weighted by molar-refractivity contribution is 6.00. The molecule has 0 aromatic heterocycles. The van der Waals surface area contributed by atoms with Crippen LogP contribution in [0.5, 0.6) is 5.75 Å². The van der Waals surface area contributed by atoms with Crippen molar-refractivity contribution in [3.63, 3.8) is 0 Å². The van der Waals surface area contributed by atoms with E-state index in [1.54, 1.807) is 49.4 Å². The Bertz CT molecular complexity index is 1180. The Hall–Kier alpha value is -4.44. The first-order valence-electron chi connectivity index (χ1n) is 9.89. The van der Waals surface area contributed by atoms with Crippen molar-refractivity contribution in [3.05, 3.63) is 83.9 Å². The standard InChI is InChI=1S/C25H22N4O3/c1-17(22-4-3-5-23(14-22)27-18(2)30)28-29-25(31)16-32-24-12-10-21(11-13-24)20-8-6-19(15-26)7-9-20/h3-14H,16H2,1-2H3,(H,27,30)(H,29,31). The molecule has 0 heterocycles. The topological polar surface area (TPSA) is 104 Å². The van der Waals surface area contributed by atoms with Crippen LogP contribution in [0.25, 0.3) is 11.1 Å². The Morgan fingerprint density at radius 1 is 0.969 bits per heavy atom. The molecule has 0 fully saturated rings. The van der Waals surface area contributed by atoms with Gasteiger partial charge in [-0.2, -0.15) is 10.4 Å². The van der Waals surface area contributed by atoms with Crippen LogP contribution in [-0.2, 0) is 9.59 Å². The molecule has 0 saturated carbocycles. The van der Waals surface area contributed by atoms with Crippen molar-refractivity contribution in [2.45, 2.75) is 13.8 Å². The fourth-order valence-electron chi connectivity index (χ4n) is 2.90. The predicted molar refractivity (Wildman–Crippen MR) is 123 cm³/mol. The maximum absolute atomic E-state index is 12.1. The van der Waals surface area contributed by atoms with Crippen molar-refractivity contribution in [2.75, 3.05) is 11.9 Å². The third-order valence-corrected chi connectivity index (χ3v) is 4.52. The van der Waals surface area contributed by atoms with Crippen LogP contribution >= 0.6 is 0 Å². The van der Waals surface area contributed by atoms with E-state index < -0.39 is 5.91 Å². The molecule has 0 saturated heterocycles. The summed E-state index contributed by atoms with van der Waals surface area (Å²) >= 11 is 0. The maximum Gasteiger partial charge on any atom is 0.277 e. The molecule has 32 heavy (non-hydrogen) atoms. The van der Waals surface area contributed by atoms with Crippen molar-refractivity contribution in [3.8, 4) is 22.9 Å². The van der Waals surface area contributed by atoms with Gasteiger partial charge in [-0.1, -0.05) is 36.4 Å². The Morgan fingerprint density at radius 3 is 2.25 bits per heavy atom. The predicted octanol–water partition coefficient (Wildman–Crippen LogP) is 4.10. The number of nitriles is 1. The molecule has 0 unspecified atom stereocenters. The van der Waals surface area contributed by atoms with Gasteiger partial charge < -0.3 is 10.1 Å². The molecule has 0 atom stereocenters. The van der Waals surface area contributed by atoms with Crippen LogP contribution in [0, 0.1) is 11.3 Å². The highest BCUT2D eigenvalue weighted by Crippen LogP contribution is 2.22. The minimum Gasteiger partial charge on any atom is -0.484 e. The second kappa shape index (κ2) is 10.5. The summed E-state index contributed by atoms with van der Waals surface area (Å²) in [6.07, 6.45) is 0. The van der Waals surface area contributed by atoms with Gasteiger partial charge in [0.2, 0.25) is 5.91 Å². The number of anilines is 1. The van der Waals surface area contributed by atoms with E-state index in [-0.39, 0.29) is 12.5 Å². The van der Waals surface area contributed by atoms with E-state index in [9.17, 15) is 9.59 Å². The molecule has 0 aliphatic heterocycles. The molecule has 0 radical (unpaired) electrons. The number of carbonyl (C=O) groups excluding carboxylic acids is 2. The van der Waals surface area contributed by atoms with Crippen LogP contribution in [0.1, 0.15) is 25.0 Å². The molecule has 0 spiro atoms. The summed E-state index contributed by atoms with van der Waals surface area (Å²) in [5.74, 6) is 0.00641. The van der Waals surface area contributed by atoms with Crippen LogP contribution in [-0.4, -0.2) is 24.1 Å². The maximum atomic E-state index is 12.1. The van der Waals surface area contributed by atoms with Crippen molar-refractivity contribution >= 4 is 23.2 Å². The molecule has 3 rings (SSSR count). The number of hydrogen-bond acceptors (Lipinski definition) is 5. The number of hydrogen-bond donors (Lipinski definition) is 2. The van der Waals surface area contributed by atoms with E-state index in [1.165, 1.54) is 6.92 Å². The van der Waals surface area contributed by atoms with Gasteiger partial charge in [-0.15, -0.1) is 0 Å². The Balaban J connectivity index is 1.53. The molecular weight excluding hydrogens is 404 g/mol. The summed E-state index contributed by atoms with van der Waals surface area (Å²) in [6.45, 7) is 3.02. The normalized spacial score (nSPS) is 10.7. The molecule has 7 heteroatoms. The van der Waals surface area contributed by atoms with Gasteiger partial charge >= 0.3 is 0 Å². The zero-order chi connectivity index (χ0) is 22.9. The van der Waals surface area contributed by atoms with Crippen molar-refractivity contribution in [2.24, 2.45) is 5.10 Å². The van der Waals surface area contributed by atoms with E-state index in [1.807, 2.05) is 30.3 Å². The molecule has 2 N–H and O–H groups in total. The van der Waals surface area contributed by atoms with Gasteiger partial charge in [-0.25, -0.2) is 5.43 Å². The van der Waals surface area contributed by atoms with E-state index in [2.05, 4.69) is 21.9 Å². The van der Waals surface area contributed by atoms with Crippen molar-refractivity contribution in [1.29, 1.82) is 5.26 Å². The van der Waals surface area contributed by atoms with Gasteiger partial charge in [0.1, 0.15) is 5.75 Å². The third-order valence-electron chi connectivity index (χ3n) is 4.52. The summed E-state index contributed by atoms with van der Waals surface area (Å²) in [6, 6.07) is 23.9. The molecule has 3 aromatic carbocycles. The largest absolute Gasteiger partial charge is 0.484 e. The quantitative estimate of drug-likeness (QED) is 0.438. The summed E-state index contributed by atoms with van der Waals surface area (Å²) in [7, 11) is 0. The minimum atomic E-state index is -0.390. The fourth-order valence-corrected chi connectivity index (χ4v) is 2.90. The van der Waals surface area contributed by atoms with Gasteiger partial charge in [0.25, 0.3) is 5.91 Å². The molecule has 3 aromatic rings. The molecular formula is C25H22N4O3. The number of nitrogens with zero attached hydrogens (tertiary/aromatic N) is 2. The Kier molecular flexibility index (Phi) is 7.33. The number of benzene rings is 3. The highest BCUT2D eigenvalue weighted by atomic mass is 16.5. The lowest BCUT2D eigenvalue weighted by Crippen LogP contribution is -2.25. The average molecular weight is 426 g/mol. The van der Waals surface area contributed by atoms with E-state index >= 15 is 0 Å². The van der Waals surface area contributed by atoms with Crippen LogP contribution in [0.15, 0.2) is 77.9 Å².